The molecule has 2 N–H and O–H groups in total. The van der Waals surface area contributed by atoms with Crippen LogP contribution in [0.25, 0.3) is 0 Å². The molecule has 0 radical (unpaired) electrons. The van der Waals surface area contributed by atoms with E-state index in [0.29, 0.717) is 29.4 Å². The number of sulfonamides is 1. The molecule has 0 bridgehead atoms. The van der Waals surface area contributed by atoms with Crippen molar-refractivity contribution in [3.05, 3.63) is 35.4 Å². The summed E-state index contributed by atoms with van der Waals surface area (Å²) in [4.78, 5) is 4.46. The number of piperidine rings is 1. The molecule has 130 valence electrons. The van der Waals surface area contributed by atoms with Gasteiger partial charge < -0.3 is 5.32 Å². The van der Waals surface area contributed by atoms with Gasteiger partial charge in [-0.25, -0.2) is 8.42 Å². The van der Waals surface area contributed by atoms with Gasteiger partial charge in [0.05, 0.1) is 23.3 Å². The Hall–Kier alpha value is -1.93. The Morgan fingerprint density at radius 1 is 1.25 bits per heavy atom. The molecule has 7 nitrogen and oxygen atoms in total. The maximum atomic E-state index is 12.8. The first-order valence-corrected chi connectivity index (χ1v) is 9.52. The summed E-state index contributed by atoms with van der Waals surface area (Å²) in [6.07, 6.45) is 5.12. The minimum absolute atomic E-state index is 0.255. The van der Waals surface area contributed by atoms with Gasteiger partial charge in [-0.3, -0.25) is 10.1 Å². The molecule has 2 aromatic heterocycles. The topological polar surface area (TPSA) is 91.0 Å². The average Bonchev–Trinajstić information content (AvgIpc) is 2.89. The van der Waals surface area contributed by atoms with Crippen molar-refractivity contribution in [1.82, 2.24) is 19.5 Å². The van der Waals surface area contributed by atoms with Gasteiger partial charge in [-0.2, -0.15) is 9.40 Å². The SMILES string of the molecule is Cc1ccncc1NC1CCN(S(=O)(=O)c2c(C)n[nH]c2C)CC1. The Morgan fingerprint density at radius 2 is 1.96 bits per heavy atom. The smallest absolute Gasteiger partial charge is 0.246 e. The lowest BCUT2D eigenvalue weighted by Crippen LogP contribution is -2.42. The predicted octanol–water partition coefficient (Wildman–Crippen LogP) is 2.00. The molecule has 24 heavy (non-hydrogen) atoms. The number of aromatic amines is 1. The number of nitrogens with one attached hydrogen (secondary N) is 2. The number of H-pyrrole nitrogens is 1. The van der Waals surface area contributed by atoms with E-state index < -0.39 is 10.0 Å². The Labute approximate surface area is 142 Å². The molecule has 0 aliphatic carbocycles. The van der Waals surface area contributed by atoms with E-state index in [2.05, 4.69) is 20.5 Å². The fourth-order valence-corrected chi connectivity index (χ4v) is 4.93. The van der Waals surface area contributed by atoms with Gasteiger partial charge in [0.2, 0.25) is 10.0 Å². The summed E-state index contributed by atoms with van der Waals surface area (Å²) in [5.74, 6) is 0. The van der Waals surface area contributed by atoms with E-state index in [4.69, 9.17) is 0 Å². The maximum absolute atomic E-state index is 12.8. The first kappa shape index (κ1) is 16.9. The average molecular weight is 349 g/mol. The Kier molecular flexibility index (Phi) is 4.60. The van der Waals surface area contributed by atoms with Crippen molar-refractivity contribution in [2.45, 2.75) is 44.6 Å². The summed E-state index contributed by atoms with van der Waals surface area (Å²) >= 11 is 0. The lowest BCUT2D eigenvalue weighted by atomic mass is 10.1. The molecule has 0 atom stereocenters. The Morgan fingerprint density at radius 3 is 2.54 bits per heavy atom. The summed E-state index contributed by atoms with van der Waals surface area (Å²) < 4.78 is 27.3. The van der Waals surface area contributed by atoms with Crippen LogP contribution in [-0.4, -0.2) is 47.0 Å². The van der Waals surface area contributed by atoms with E-state index in [1.165, 1.54) is 0 Å². The molecule has 1 saturated heterocycles. The van der Waals surface area contributed by atoms with Crippen molar-refractivity contribution in [3.8, 4) is 0 Å². The van der Waals surface area contributed by atoms with Crippen LogP contribution in [0.2, 0.25) is 0 Å². The molecule has 0 amide bonds. The number of hydrogen-bond acceptors (Lipinski definition) is 5. The molecule has 1 fully saturated rings. The van der Waals surface area contributed by atoms with Gasteiger partial charge >= 0.3 is 0 Å². The van der Waals surface area contributed by atoms with Gasteiger partial charge in [0.15, 0.2) is 0 Å². The number of pyridine rings is 1. The number of rotatable bonds is 4. The van der Waals surface area contributed by atoms with Crippen LogP contribution >= 0.6 is 0 Å². The second-order valence-corrected chi connectivity index (χ2v) is 8.15. The number of anilines is 1. The first-order chi connectivity index (χ1) is 11.4. The van der Waals surface area contributed by atoms with Crippen molar-refractivity contribution in [2.75, 3.05) is 18.4 Å². The fourth-order valence-electron chi connectivity index (χ4n) is 3.13. The number of nitrogens with zero attached hydrogens (tertiary/aromatic N) is 3. The minimum Gasteiger partial charge on any atom is -0.381 e. The summed E-state index contributed by atoms with van der Waals surface area (Å²) in [5.41, 5.74) is 3.28. The third kappa shape index (κ3) is 3.16. The number of aromatic nitrogens is 3. The Balaban J connectivity index is 1.68. The highest BCUT2D eigenvalue weighted by molar-refractivity contribution is 7.89. The Bertz CT molecular complexity index is 803. The molecule has 3 heterocycles. The maximum Gasteiger partial charge on any atom is 0.246 e. The van der Waals surface area contributed by atoms with Crippen molar-refractivity contribution < 1.29 is 8.42 Å². The molecule has 0 unspecified atom stereocenters. The van der Waals surface area contributed by atoms with E-state index >= 15 is 0 Å². The number of aryl methyl sites for hydroxylation is 3. The monoisotopic (exact) mass is 349 g/mol. The zero-order valence-electron chi connectivity index (χ0n) is 14.2. The lowest BCUT2D eigenvalue weighted by molar-refractivity contribution is 0.329. The van der Waals surface area contributed by atoms with Gasteiger partial charge in [-0.15, -0.1) is 0 Å². The molecule has 2 aromatic rings. The van der Waals surface area contributed by atoms with Gasteiger partial charge in [0.25, 0.3) is 0 Å². The zero-order valence-corrected chi connectivity index (χ0v) is 15.0. The van der Waals surface area contributed by atoms with Crippen LogP contribution in [0.1, 0.15) is 29.8 Å². The quantitative estimate of drug-likeness (QED) is 0.881. The van der Waals surface area contributed by atoms with Gasteiger partial charge in [-0.1, -0.05) is 0 Å². The van der Waals surface area contributed by atoms with Crippen LogP contribution in [0.15, 0.2) is 23.4 Å². The largest absolute Gasteiger partial charge is 0.381 e. The highest BCUT2D eigenvalue weighted by atomic mass is 32.2. The van der Waals surface area contributed by atoms with Gasteiger partial charge in [-0.05, 0) is 45.2 Å². The summed E-state index contributed by atoms with van der Waals surface area (Å²) in [6, 6.07) is 2.22. The van der Waals surface area contributed by atoms with E-state index in [-0.39, 0.29) is 6.04 Å². The van der Waals surface area contributed by atoms with E-state index in [1.54, 1.807) is 24.3 Å². The molecule has 3 rings (SSSR count). The second kappa shape index (κ2) is 6.52. The van der Waals surface area contributed by atoms with Crippen molar-refractivity contribution in [1.29, 1.82) is 0 Å². The molecule has 0 aromatic carbocycles. The van der Waals surface area contributed by atoms with Crippen LogP contribution in [0.4, 0.5) is 5.69 Å². The van der Waals surface area contributed by atoms with Crippen LogP contribution in [0, 0.1) is 20.8 Å². The molecular weight excluding hydrogens is 326 g/mol. The molecular formula is C16H23N5O2S. The second-order valence-electron chi connectivity index (χ2n) is 6.28. The van der Waals surface area contributed by atoms with Gasteiger partial charge in [0, 0.05) is 25.3 Å². The number of hydrogen-bond donors (Lipinski definition) is 2. The molecule has 1 aliphatic heterocycles. The fraction of sp³-hybridized carbons (Fsp3) is 0.500. The van der Waals surface area contributed by atoms with Crippen LogP contribution < -0.4 is 5.32 Å². The van der Waals surface area contributed by atoms with Crippen LogP contribution in [0.3, 0.4) is 0 Å². The van der Waals surface area contributed by atoms with Crippen molar-refractivity contribution in [2.24, 2.45) is 0 Å². The van der Waals surface area contributed by atoms with Crippen molar-refractivity contribution in [3.63, 3.8) is 0 Å². The molecule has 1 aliphatic rings. The summed E-state index contributed by atoms with van der Waals surface area (Å²) in [5, 5.41) is 10.2. The standard InChI is InChI=1S/C16H23N5O2S/c1-11-4-7-17-10-15(11)18-14-5-8-21(9-6-14)24(22,23)16-12(2)19-20-13(16)3/h4,7,10,14,18H,5-6,8-9H2,1-3H3,(H,19,20). The molecule has 0 saturated carbocycles. The summed E-state index contributed by atoms with van der Waals surface area (Å²) in [7, 11) is -3.49. The highest BCUT2D eigenvalue weighted by Crippen LogP contribution is 2.26. The van der Waals surface area contributed by atoms with E-state index in [1.807, 2.05) is 19.2 Å². The van der Waals surface area contributed by atoms with Crippen LogP contribution in [0.5, 0.6) is 0 Å². The minimum atomic E-state index is -3.49. The highest BCUT2D eigenvalue weighted by Gasteiger charge is 2.32. The predicted molar refractivity (Wildman–Crippen MR) is 92.4 cm³/mol. The first-order valence-electron chi connectivity index (χ1n) is 8.08. The third-order valence-corrected chi connectivity index (χ3v) is 6.67. The van der Waals surface area contributed by atoms with Crippen molar-refractivity contribution >= 4 is 15.7 Å². The van der Waals surface area contributed by atoms with Crippen LogP contribution in [-0.2, 0) is 10.0 Å². The van der Waals surface area contributed by atoms with Gasteiger partial charge in [0.1, 0.15) is 4.90 Å². The summed E-state index contributed by atoms with van der Waals surface area (Å²) in [6.45, 7) is 6.50. The molecule has 8 heteroatoms. The van der Waals surface area contributed by atoms with E-state index in [0.717, 1.165) is 24.1 Å². The third-order valence-electron chi connectivity index (χ3n) is 4.51. The molecule has 0 spiro atoms. The zero-order chi connectivity index (χ0) is 17.3. The normalized spacial score (nSPS) is 17.1. The van der Waals surface area contributed by atoms with E-state index in [9.17, 15) is 8.42 Å². The lowest BCUT2D eigenvalue weighted by Gasteiger charge is -2.32.